The molecule has 0 aliphatic heterocycles. The first kappa shape index (κ1) is 35.4. The second-order valence-corrected chi connectivity index (χ2v) is 15.6. The Kier molecular flexibility index (Phi) is 8.79. The molecule has 0 fully saturated rings. The summed E-state index contributed by atoms with van der Waals surface area (Å²) in [6.45, 7) is 0. The maximum Gasteiger partial charge on any atom is 0.0719 e. The van der Waals surface area contributed by atoms with Crippen LogP contribution >= 0.6 is 0 Å². The van der Waals surface area contributed by atoms with E-state index >= 15 is 0 Å². The topological polar surface area (TPSA) is 3.24 Å². The third-order valence-corrected chi connectivity index (χ3v) is 12.3. The van der Waals surface area contributed by atoms with Crippen LogP contribution in [0.3, 0.4) is 0 Å². The lowest BCUT2D eigenvalue weighted by molar-refractivity contribution is 0.775. The highest BCUT2D eigenvalue weighted by Gasteiger charge is 2.48. The Morgan fingerprint density at radius 2 is 0.700 bits per heavy atom. The van der Waals surface area contributed by atoms with Crippen molar-refractivity contribution in [3.05, 3.63) is 271 Å². The van der Waals surface area contributed by atoms with Crippen LogP contribution in [0.15, 0.2) is 249 Å². The van der Waals surface area contributed by atoms with Gasteiger partial charge in [-0.1, -0.05) is 206 Å². The minimum atomic E-state index is -0.501. The van der Waals surface area contributed by atoms with Crippen molar-refractivity contribution in [2.45, 2.75) is 5.41 Å². The van der Waals surface area contributed by atoms with Gasteiger partial charge in [0.2, 0.25) is 0 Å². The molecule has 11 rings (SSSR count). The average Bonchev–Trinajstić information content (AvgIpc) is 3.65. The first-order valence-electron chi connectivity index (χ1n) is 20.8. The number of rotatable bonds is 8. The van der Waals surface area contributed by atoms with Gasteiger partial charge < -0.3 is 4.90 Å². The molecule has 10 aromatic rings. The van der Waals surface area contributed by atoms with Crippen molar-refractivity contribution in [1.29, 1.82) is 0 Å². The van der Waals surface area contributed by atoms with E-state index in [4.69, 9.17) is 0 Å². The summed E-state index contributed by atoms with van der Waals surface area (Å²) < 4.78 is 0. The Labute approximate surface area is 352 Å². The van der Waals surface area contributed by atoms with Gasteiger partial charge in [0.15, 0.2) is 0 Å². The highest BCUT2D eigenvalue weighted by Crippen LogP contribution is 2.60. The minimum Gasteiger partial charge on any atom is -0.311 e. The quantitative estimate of drug-likeness (QED) is 0.149. The average molecular weight is 764 g/mol. The van der Waals surface area contributed by atoms with Crippen LogP contribution in [0.25, 0.3) is 55.3 Å². The van der Waals surface area contributed by atoms with Gasteiger partial charge in [-0.05, 0) is 120 Å². The molecule has 0 spiro atoms. The van der Waals surface area contributed by atoms with E-state index in [1.54, 1.807) is 0 Å². The molecule has 0 atom stereocenters. The van der Waals surface area contributed by atoms with E-state index in [0.717, 1.165) is 17.1 Å². The van der Waals surface area contributed by atoms with Gasteiger partial charge in [0.25, 0.3) is 0 Å². The summed E-state index contributed by atoms with van der Waals surface area (Å²) in [5, 5.41) is 2.51. The zero-order valence-corrected chi connectivity index (χ0v) is 33.1. The molecular weight excluding hydrogens is 723 g/mol. The van der Waals surface area contributed by atoms with Crippen LogP contribution in [0.1, 0.15) is 22.3 Å². The van der Waals surface area contributed by atoms with E-state index in [-0.39, 0.29) is 0 Å². The van der Waals surface area contributed by atoms with E-state index < -0.39 is 5.41 Å². The third-order valence-electron chi connectivity index (χ3n) is 12.3. The Bertz CT molecular complexity index is 2960. The zero-order chi connectivity index (χ0) is 39.9. The van der Waals surface area contributed by atoms with Crippen LogP contribution in [0.5, 0.6) is 0 Å². The van der Waals surface area contributed by atoms with Gasteiger partial charge in [0.1, 0.15) is 0 Å². The molecule has 60 heavy (non-hydrogen) atoms. The Morgan fingerprint density at radius 3 is 1.22 bits per heavy atom. The van der Waals surface area contributed by atoms with Crippen LogP contribution in [-0.2, 0) is 5.41 Å². The monoisotopic (exact) mass is 763 g/mol. The van der Waals surface area contributed by atoms with Crippen LogP contribution in [0, 0.1) is 0 Å². The molecule has 0 saturated heterocycles. The fourth-order valence-electron chi connectivity index (χ4n) is 9.65. The highest BCUT2D eigenvalue weighted by molar-refractivity contribution is 6.07. The first-order valence-corrected chi connectivity index (χ1v) is 20.8. The number of benzene rings is 10. The fraction of sp³-hybridized carbons (Fsp3) is 0.0169. The molecule has 1 nitrogen and oxygen atoms in total. The number of hydrogen-bond donors (Lipinski definition) is 0. The molecule has 1 heteroatoms. The van der Waals surface area contributed by atoms with E-state index in [2.05, 4.69) is 254 Å². The predicted octanol–water partition coefficient (Wildman–Crippen LogP) is 15.7. The normalized spacial score (nSPS) is 12.5. The molecule has 0 heterocycles. The van der Waals surface area contributed by atoms with Crippen LogP contribution < -0.4 is 4.90 Å². The van der Waals surface area contributed by atoms with Gasteiger partial charge in [0, 0.05) is 17.1 Å². The van der Waals surface area contributed by atoms with E-state index in [1.807, 2.05) is 0 Å². The van der Waals surface area contributed by atoms with E-state index in [1.165, 1.54) is 77.5 Å². The molecule has 0 radical (unpaired) electrons. The molecule has 0 N–H and O–H groups in total. The number of fused-ring (bicyclic) bond motifs is 5. The second-order valence-electron chi connectivity index (χ2n) is 15.6. The third kappa shape index (κ3) is 5.86. The molecule has 0 aromatic heterocycles. The molecule has 1 aliphatic rings. The van der Waals surface area contributed by atoms with Crippen LogP contribution in [-0.4, -0.2) is 0 Å². The van der Waals surface area contributed by atoms with Gasteiger partial charge >= 0.3 is 0 Å². The molecule has 10 aromatic carbocycles. The van der Waals surface area contributed by atoms with Crippen molar-refractivity contribution in [2.24, 2.45) is 0 Å². The number of nitrogens with zero attached hydrogens (tertiary/aromatic N) is 1. The molecule has 1 aliphatic carbocycles. The standard InChI is InChI=1S/C59H41N/c1-5-17-42(18-6-1)44-29-35-50(36-30-44)60(51-37-31-45(32-38-51)43-19-7-2-8-20-43)52-39-33-46(34-40-52)55-41-47-21-13-14-26-53(47)58-57(55)54-27-15-16-28-56(54)59(58,48-22-9-3-10-23-48)49-24-11-4-12-25-49/h1-41H. The van der Waals surface area contributed by atoms with Gasteiger partial charge in [-0.25, -0.2) is 0 Å². The number of anilines is 3. The molecule has 0 saturated carbocycles. The number of hydrogen-bond acceptors (Lipinski definition) is 1. The largest absolute Gasteiger partial charge is 0.311 e. The fourth-order valence-corrected chi connectivity index (χ4v) is 9.65. The Morgan fingerprint density at radius 1 is 0.300 bits per heavy atom. The maximum absolute atomic E-state index is 2.41. The summed E-state index contributed by atoms with van der Waals surface area (Å²) in [6.07, 6.45) is 0. The lowest BCUT2D eigenvalue weighted by Crippen LogP contribution is -2.28. The second kappa shape index (κ2) is 14.9. The zero-order valence-electron chi connectivity index (χ0n) is 33.1. The van der Waals surface area contributed by atoms with Crippen LogP contribution in [0.4, 0.5) is 17.1 Å². The van der Waals surface area contributed by atoms with Crippen molar-refractivity contribution >= 4 is 27.8 Å². The summed E-state index contributed by atoms with van der Waals surface area (Å²) in [5.41, 5.74) is 17.8. The maximum atomic E-state index is 2.41. The molecular formula is C59H41N. The van der Waals surface area contributed by atoms with Gasteiger partial charge in [-0.2, -0.15) is 0 Å². The lowest BCUT2D eigenvalue weighted by atomic mass is 9.66. The molecule has 0 amide bonds. The minimum absolute atomic E-state index is 0.501. The van der Waals surface area contributed by atoms with Crippen molar-refractivity contribution in [3.63, 3.8) is 0 Å². The van der Waals surface area contributed by atoms with Crippen molar-refractivity contribution in [1.82, 2.24) is 0 Å². The van der Waals surface area contributed by atoms with Gasteiger partial charge in [0.05, 0.1) is 5.41 Å². The predicted molar refractivity (Wildman–Crippen MR) is 252 cm³/mol. The summed E-state index contributed by atoms with van der Waals surface area (Å²) >= 11 is 0. The lowest BCUT2D eigenvalue weighted by Gasteiger charge is -2.35. The molecule has 0 bridgehead atoms. The van der Waals surface area contributed by atoms with Crippen molar-refractivity contribution < 1.29 is 0 Å². The Balaban J connectivity index is 1.09. The highest BCUT2D eigenvalue weighted by atomic mass is 15.1. The van der Waals surface area contributed by atoms with E-state index in [0.29, 0.717) is 0 Å². The summed E-state index contributed by atoms with van der Waals surface area (Å²) in [4.78, 5) is 2.36. The summed E-state index contributed by atoms with van der Waals surface area (Å²) in [6, 6.07) is 90.9. The summed E-state index contributed by atoms with van der Waals surface area (Å²) in [7, 11) is 0. The Hall–Kier alpha value is -7.74. The van der Waals surface area contributed by atoms with Crippen molar-refractivity contribution in [3.8, 4) is 44.5 Å². The first-order chi connectivity index (χ1) is 29.8. The smallest absolute Gasteiger partial charge is 0.0719 e. The molecule has 0 unspecified atom stereocenters. The van der Waals surface area contributed by atoms with Crippen molar-refractivity contribution in [2.75, 3.05) is 4.90 Å². The van der Waals surface area contributed by atoms with Gasteiger partial charge in [-0.15, -0.1) is 0 Å². The SMILES string of the molecule is c1ccc(-c2ccc(N(c3ccc(-c4ccccc4)cc3)c3ccc(-c4cc5ccccc5c5c4-c4ccccc4C5(c4ccccc4)c4ccccc4)cc3)cc2)cc1. The van der Waals surface area contributed by atoms with E-state index in [9.17, 15) is 0 Å². The van der Waals surface area contributed by atoms with Gasteiger partial charge in [-0.3, -0.25) is 0 Å². The summed E-state index contributed by atoms with van der Waals surface area (Å²) in [5.74, 6) is 0. The van der Waals surface area contributed by atoms with Crippen LogP contribution in [0.2, 0.25) is 0 Å². The molecule has 282 valence electrons.